The highest BCUT2D eigenvalue weighted by atomic mass is 16.5. The van der Waals surface area contributed by atoms with E-state index in [9.17, 15) is 0 Å². The Morgan fingerprint density at radius 2 is 1.16 bits per heavy atom. The molecule has 3 fully saturated rings. The number of allylic oxidation sites excluding steroid dienone is 2. The summed E-state index contributed by atoms with van der Waals surface area (Å²) in [6, 6.07) is 0. The topological polar surface area (TPSA) is 9.23 Å². The first-order valence-corrected chi connectivity index (χ1v) is 11.2. The van der Waals surface area contributed by atoms with Crippen molar-refractivity contribution in [3.63, 3.8) is 0 Å². The summed E-state index contributed by atoms with van der Waals surface area (Å²) in [4.78, 5) is 0. The molecule has 0 N–H and O–H groups in total. The molecule has 3 rings (SSSR count). The van der Waals surface area contributed by atoms with Gasteiger partial charge in [0, 0.05) is 0 Å². The van der Waals surface area contributed by atoms with Crippen molar-refractivity contribution in [3.8, 4) is 0 Å². The molecule has 0 aromatic rings. The molecule has 1 heteroatoms. The lowest BCUT2D eigenvalue weighted by molar-refractivity contribution is 0.0190. The van der Waals surface area contributed by atoms with Crippen LogP contribution in [-0.2, 0) is 4.74 Å². The molecule has 3 aliphatic rings. The van der Waals surface area contributed by atoms with E-state index in [0.717, 1.165) is 36.2 Å². The van der Waals surface area contributed by atoms with E-state index in [4.69, 9.17) is 4.74 Å². The van der Waals surface area contributed by atoms with E-state index in [1.165, 1.54) is 77.0 Å². The van der Waals surface area contributed by atoms with Crippen molar-refractivity contribution in [3.05, 3.63) is 24.8 Å². The summed E-state index contributed by atoms with van der Waals surface area (Å²) in [7, 11) is 0. The molecule has 0 aromatic carbocycles. The van der Waals surface area contributed by atoms with Crippen LogP contribution in [0.2, 0.25) is 0 Å². The van der Waals surface area contributed by atoms with Crippen molar-refractivity contribution in [2.24, 2.45) is 29.6 Å². The first-order valence-electron chi connectivity index (χ1n) is 11.2. The molecule has 0 spiro atoms. The minimum absolute atomic E-state index is 0.512. The molecule has 25 heavy (non-hydrogen) atoms. The third-order valence-electron chi connectivity index (χ3n) is 7.60. The summed E-state index contributed by atoms with van der Waals surface area (Å²) >= 11 is 0. The first-order chi connectivity index (χ1) is 12.3. The Balaban J connectivity index is 1.36. The van der Waals surface area contributed by atoms with Crippen molar-refractivity contribution in [2.75, 3.05) is 6.61 Å². The first kappa shape index (κ1) is 19.2. The van der Waals surface area contributed by atoms with Crippen LogP contribution in [0, 0.1) is 29.6 Å². The summed E-state index contributed by atoms with van der Waals surface area (Å²) in [6.07, 6.45) is 24.5. The highest BCUT2D eigenvalue weighted by molar-refractivity contribution is 4.91. The lowest BCUT2D eigenvalue weighted by Crippen LogP contribution is -2.31. The molecule has 0 atom stereocenters. The molecule has 0 aliphatic heterocycles. The Labute approximate surface area is 156 Å². The van der Waals surface area contributed by atoms with Crippen LogP contribution < -0.4 is 0 Å². The van der Waals surface area contributed by atoms with E-state index in [2.05, 4.69) is 25.7 Å². The van der Waals surface area contributed by atoms with Gasteiger partial charge < -0.3 is 4.74 Å². The summed E-state index contributed by atoms with van der Waals surface area (Å²) in [5, 5.41) is 0. The molecular formula is C24H40O. The van der Waals surface area contributed by atoms with Gasteiger partial charge in [0.1, 0.15) is 0 Å². The molecule has 0 saturated heterocycles. The van der Waals surface area contributed by atoms with Crippen LogP contribution in [0.25, 0.3) is 0 Å². The molecule has 1 nitrogen and oxygen atoms in total. The van der Waals surface area contributed by atoms with Gasteiger partial charge in [-0.1, -0.05) is 18.2 Å². The molecule has 0 unspecified atom stereocenters. The number of hydrogen-bond acceptors (Lipinski definition) is 1. The summed E-state index contributed by atoms with van der Waals surface area (Å²) in [6.45, 7) is 6.67. The maximum Gasteiger partial charge on any atom is 0.0648 e. The molecule has 0 amide bonds. The van der Waals surface area contributed by atoms with Gasteiger partial charge in [-0.25, -0.2) is 0 Å². The molecule has 0 radical (unpaired) electrons. The average molecular weight is 345 g/mol. The second kappa shape index (κ2) is 9.95. The van der Waals surface area contributed by atoms with Gasteiger partial charge in [-0.15, -0.1) is 6.58 Å². The number of ether oxygens (including phenoxy) is 1. The van der Waals surface area contributed by atoms with E-state index >= 15 is 0 Å². The second-order valence-corrected chi connectivity index (χ2v) is 9.03. The zero-order valence-corrected chi connectivity index (χ0v) is 16.5. The number of rotatable bonds is 6. The van der Waals surface area contributed by atoms with Crippen molar-refractivity contribution < 1.29 is 4.74 Å². The van der Waals surface area contributed by atoms with Crippen molar-refractivity contribution in [1.82, 2.24) is 0 Å². The normalized spacial score (nSPS) is 40.2. The smallest absolute Gasteiger partial charge is 0.0648 e. The fraction of sp³-hybridized carbons (Fsp3) is 0.833. The van der Waals surface area contributed by atoms with Crippen molar-refractivity contribution in [2.45, 2.75) is 90.1 Å². The maximum atomic E-state index is 5.87. The van der Waals surface area contributed by atoms with Crippen LogP contribution in [-0.4, -0.2) is 12.7 Å². The van der Waals surface area contributed by atoms with Crippen LogP contribution in [0.4, 0.5) is 0 Å². The third-order valence-corrected chi connectivity index (χ3v) is 7.60. The Morgan fingerprint density at radius 3 is 1.60 bits per heavy atom. The lowest BCUT2D eigenvalue weighted by atomic mass is 9.65. The van der Waals surface area contributed by atoms with Gasteiger partial charge in [0.2, 0.25) is 0 Å². The van der Waals surface area contributed by atoms with Crippen molar-refractivity contribution >= 4 is 0 Å². The van der Waals surface area contributed by atoms with Gasteiger partial charge in [0.05, 0.1) is 12.7 Å². The minimum atomic E-state index is 0.512. The van der Waals surface area contributed by atoms with Gasteiger partial charge >= 0.3 is 0 Å². The highest BCUT2D eigenvalue weighted by Gasteiger charge is 2.34. The molecule has 142 valence electrons. The van der Waals surface area contributed by atoms with E-state index < -0.39 is 0 Å². The van der Waals surface area contributed by atoms with Gasteiger partial charge in [-0.3, -0.25) is 0 Å². The summed E-state index contributed by atoms with van der Waals surface area (Å²) in [5.74, 6) is 5.00. The van der Waals surface area contributed by atoms with Crippen molar-refractivity contribution in [1.29, 1.82) is 0 Å². The van der Waals surface area contributed by atoms with Gasteiger partial charge in [-0.05, 0) is 114 Å². The minimum Gasteiger partial charge on any atom is -0.374 e. The van der Waals surface area contributed by atoms with E-state index in [1.54, 1.807) is 0 Å². The SMILES string of the molecule is C=CCOC1CCC(C2CCC(C3CCC(/C=C/C)CC3)CC2)CC1. The highest BCUT2D eigenvalue weighted by Crippen LogP contribution is 2.45. The van der Waals surface area contributed by atoms with Gasteiger partial charge in [0.15, 0.2) is 0 Å². The lowest BCUT2D eigenvalue weighted by Gasteiger charge is -2.41. The molecule has 0 bridgehead atoms. The molecule has 0 aromatic heterocycles. The van der Waals surface area contributed by atoms with Crippen LogP contribution >= 0.6 is 0 Å². The second-order valence-electron chi connectivity index (χ2n) is 9.03. The predicted octanol–water partition coefficient (Wildman–Crippen LogP) is 6.94. The molecule has 3 aliphatic carbocycles. The predicted molar refractivity (Wildman–Crippen MR) is 108 cm³/mol. The van der Waals surface area contributed by atoms with E-state index in [-0.39, 0.29) is 0 Å². The Kier molecular flexibility index (Phi) is 7.65. The average Bonchev–Trinajstić information content (AvgIpc) is 2.68. The van der Waals surface area contributed by atoms with Crippen LogP contribution in [0.3, 0.4) is 0 Å². The summed E-state index contributed by atoms with van der Waals surface area (Å²) < 4.78 is 5.87. The Morgan fingerprint density at radius 1 is 0.720 bits per heavy atom. The number of hydrogen-bond donors (Lipinski definition) is 0. The molecular weight excluding hydrogens is 304 g/mol. The zero-order chi connectivity index (χ0) is 17.5. The Hall–Kier alpha value is -0.560. The maximum absolute atomic E-state index is 5.87. The van der Waals surface area contributed by atoms with Crippen LogP contribution in [0.1, 0.15) is 84.0 Å². The molecule has 3 saturated carbocycles. The van der Waals surface area contributed by atoms with Crippen LogP contribution in [0.15, 0.2) is 24.8 Å². The standard InChI is InChI=1S/C24H40O/c1-3-5-19-6-8-20(9-7-19)21-10-12-22(13-11-21)23-14-16-24(17-15-23)25-18-4-2/h3-5,19-24H,2,6-18H2,1H3/b5-3+. The zero-order valence-electron chi connectivity index (χ0n) is 16.5. The monoisotopic (exact) mass is 344 g/mol. The van der Waals surface area contributed by atoms with Gasteiger partial charge in [0.25, 0.3) is 0 Å². The fourth-order valence-corrected chi connectivity index (χ4v) is 6.10. The largest absolute Gasteiger partial charge is 0.374 e. The third kappa shape index (κ3) is 5.46. The van der Waals surface area contributed by atoms with E-state index in [0.29, 0.717) is 6.10 Å². The van der Waals surface area contributed by atoms with Crippen LogP contribution in [0.5, 0.6) is 0 Å². The van der Waals surface area contributed by atoms with Gasteiger partial charge in [-0.2, -0.15) is 0 Å². The fourth-order valence-electron chi connectivity index (χ4n) is 6.10. The summed E-state index contributed by atoms with van der Waals surface area (Å²) in [5.41, 5.74) is 0. The molecule has 0 heterocycles. The quantitative estimate of drug-likeness (QED) is 0.474. The van der Waals surface area contributed by atoms with E-state index in [1.807, 2.05) is 6.08 Å². The Bertz CT molecular complexity index is 402.